The maximum atomic E-state index is 2.78. The zero-order valence-electron chi connectivity index (χ0n) is 2.56. The maximum Gasteiger partial charge on any atom is 0.0211 e. The molecule has 0 aromatic heterocycles. The van der Waals surface area contributed by atoms with Crippen LogP contribution < -0.4 is 10.3 Å². The van der Waals surface area contributed by atoms with E-state index in [1.165, 1.54) is 11.9 Å². The molecule has 0 atom stereocenters. The molecule has 0 bridgehead atoms. The summed E-state index contributed by atoms with van der Waals surface area (Å²) in [5.74, 6) is 0. The first-order chi connectivity index (χ1) is 2.50. The van der Waals surface area contributed by atoms with Crippen molar-refractivity contribution in [3.8, 4) is 0 Å². The summed E-state index contributed by atoms with van der Waals surface area (Å²) in [5.41, 5.74) is 2.75. The molecule has 2 N–H and O–H groups in total. The van der Waals surface area contributed by atoms with E-state index in [0.717, 1.165) is 0 Å². The highest BCUT2D eigenvalue weighted by molar-refractivity contribution is 8.00. The second kappa shape index (κ2) is 1.33. The normalized spacial score (nSPS) is 19.2. The highest BCUT2D eigenvalue weighted by Crippen LogP contribution is 1.94. The molecule has 0 spiro atoms. The first-order valence-electron chi connectivity index (χ1n) is 1.31. The fourth-order valence-electron chi connectivity index (χ4n) is 0.170. The molecule has 0 saturated heterocycles. The van der Waals surface area contributed by atoms with Gasteiger partial charge < -0.3 is 5.43 Å². The standard InChI is InChI=1S/C2H4N2S/c1-2-5-4-3-1/h1-4H. The zero-order chi connectivity index (χ0) is 3.54. The Hall–Kier alpha value is -0.150. The quantitative estimate of drug-likeness (QED) is 0.414. The van der Waals surface area contributed by atoms with Crippen molar-refractivity contribution in [2.24, 2.45) is 0 Å². The first-order valence-corrected chi connectivity index (χ1v) is 2.19. The molecule has 28 valence electrons. The summed E-state index contributed by atoms with van der Waals surface area (Å²) >= 11 is 1.53. The van der Waals surface area contributed by atoms with Crippen LogP contribution >= 0.6 is 11.9 Å². The first kappa shape index (κ1) is 3.06. The van der Waals surface area contributed by atoms with Crippen LogP contribution in [0.4, 0.5) is 0 Å². The molecule has 1 heterocycles. The summed E-state index contributed by atoms with van der Waals surface area (Å²) in [5, 5.41) is 1.93. The SMILES string of the molecule is C1=CSNN1. The van der Waals surface area contributed by atoms with Crippen LogP contribution in [-0.4, -0.2) is 0 Å². The predicted octanol–water partition coefficient (Wildman–Crippen LogP) is 0.214. The lowest BCUT2D eigenvalue weighted by molar-refractivity contribution is 0.896. The Morgan fingerprint density at radius 1 is 1.60 bits per heavy atom. The molecule has 0 aromatic carbocycles. The van der Waals surface area contributed by atoms with Gasteiger partial charge in [0.05, 0.1) is 0 Å². The fourth-order valence-corrected chi connectivity index (χ4v) is 0.510. The number of hydrogen-bond acceptors (Lipinski definition) is 3. The van der Waals surface area contributed by atoms with E-state index < -0.39 is 0 Å². The minimum atomic E-state index is 1.53. The van der Waals surface area contributed by atoms with Crippen molar-refractivity contribution in [3.05, 3.63) is 11.6 Å². The van der Waals surface area contributed by atoms with Crippen LogP contribution in [0.15, 0.2) is 11.6 Å². The van der Waals surface area contributed by atoms with E-state index >= 15 is 0 Å². The van der Waals surface area contributed by atoms with Crippen LogP contribution in [0.2, 0.25) is 0 Å². The van der Waals surface area contributed by atoms with Crippen LogP contribution in [0, 0.1) is 0 Å². The Morgan fingerprint density at radius 2 is 2.60 bits per heavy atom. The van der Waals surface area contributed by atoms with Gasteiger partial charge in [0.1, 0.15) is 0 Å². The van der Waals surface area contributed by atoms with Crippen molar-refractivity contribution in [3.63, 3.8) is 0 Å². The van der Waals surface area contributed by atoms with Crippen molar-refractivity contribution < 1.29 is 0 Å². The second-order valence-corrected chi connectivity index (χ2v) is 1.38. The number of hydrogen-bond donors (Lipinski definition) is 2. The van der Waals surface area contributed by atoms with Crippen LogP contribution in [-0.2, 0) is 0 Å². The smallest absolute Gasteiger partial charge is 0.0211 e. The van der Waals surface area contributed by atoms with Crippen molar-refractivity contribution in [1.29, 1.82) is 0 Å². The van der Waals surface area contributed by atoms with Gasteiger partial charge in [-0.15, -0.1) is 0 Å². The molecular weight excluding hydrogens is 84.1 g/mol. The minimum absolute atomic E-state index is 1.53. The van der Waals surface area contributed by atoms with Gasteiger partial charge in [0.2, 0.25) is 0 Å². The lowest BCUT2D eigenvalue weighted by atomic mass is 11.1. The Labute approximate surface area is 34.7 Å². The molecule has 5 heavy (non-hydrogen) atoms. The molecule has 0 fully saturated rings. The highest BCUT2D eigenvalue weighted by Gasteiger charge is 1.79. The van der Waals surface area contributed by atoms with Crippen molar-refractivity contribution in [2.75, 3.05) is 0 Å². The highest BCUT2D eigenvalue weighted by atomic mass is 32.2. The lowest BCUT2D eigenvalue weighted by Gasteiger charge is -1.81. The Bertz CT molecular complexity index is 45.6. The van der Waals surface area contributed by atoms with Crippen LogP contribution in [0.3, 0.4) is 0 Å². The van der Waals surface area contributed by atoms with Gasteiger partial charge in [-0.25, -0.2) is 0 Å². The monoisotopic (exact) mass is 88.0 g/mol. The molecule has 0 radical (unpaired) electrons. The molecule has 1 aliphatic rings. The third kappa shape index (κ3) is 0.560. The molecule has 3 heteroatoms. The average Bonchev–Trinajstić information content (AvgIpc) is 1.76. The number of hydrazine groups is 1. The molecular formula is C2H4N2S. The van der Waals surface area contributed by atoms with E-state index in [9.17, 15) is 0 Å². The van der Waals surface area contributed by atoms with Gasteiger partial charge in [0.25, 0.3) is 0 Å². The van der Waals surface area contributed by atoms with Crippen LogP contribution in [0.25, 0.3) is 0 Å². The third-order valence-electron chi connectivity index (χ3n) is 0.337. The lowest BCUT2D eigenvalue weighted by Crippen LogP contribution is -2.11. The largest absolute Gasteiger partial charge is 0.318 e. The van der Waals surface area contributed by atoms with Gasteiger partial charge in [-0.3, -0.25) is 0 Å². The number of nitrogens with one attached hydrogen (secondary N) is 2. The summed E-state index contributed by atoms with van der Waals surface area (Å²) in [6.07, 6.45) is 1.84. The molecule has 0 saturated carbocycles. The van der Waals surface area contributed by atoms with Gasteiger partial charge in [-0.1, -0.05) is 0 Å². The Balaban J connectivity index is 2.32. The third-order valence-corrected chi connectivity index (χ3v) is 0.845. The Kier molecular flexibility index (Phi) is 0.813. The average molecular weight is 88.1 g/mol. The second-order valence-electron chi connectivity index (χ2n) is 0.667. The molecule has 0 unspecified atom stereocenters. The van der Waals surface area contributed by atoms with Gasteiger partial charge in [0, 0.05) is 11.6 Å². The van der Waals surface area contributed by atoms with Crippen molar-refractivity contribution in [2.45, 2.75) is 0 Å². The van der Waals surface area contributed by atoms with Crippen LogP contribution in [0.1, 0.15) is 0 Å². The van der Waals surface area contributed by atoms with Gasteiger partial charge in [0.15, 0.2) is 0 Å². The van der Waals surface area contributed by atoms with E-state index in [-0.39, 0.29) is 0 Å². The summed E-state index contributed by atoms with van der Waals surface area (Å²) in [6, 6.07) is 0. The summed E-state index contributed by atoms with van der Waals surface area (Å²) in [6.45, 7) is 0. The van der Waals surface area contributed by atoms with Crippen molar-refractivity contribution >= 4 is 11.9 Å². The fraction of sp³-hybridized carbons (Fsp3) is 0. The van der Waals surface area contributed by atoms with E-state index in [1.807, 2.05) is 11.6 Å². The minimum Gasteiger partial charge on any atom is -0.318 e. The van der Waals surface area contributed by atoms with Gasteiger partial charge in [-0.2, -0.15) is 4.83 Å². The van der Waals surface area contributed by atoms with Gasteiger partial charge >= 0.3 is 0 Å². The summed E-state index contributed by atoms with van der Waals surface area (Å²) in [7, 11) is 0. The molecule has 1 rings (SSSR count). The van der Waals surface area contributed by atoms with Crippen LogP contribution in [0.5, 0.6) is 0 Å². The Morgan fingerprint density at radius 3 is 2.80 bits per heavy atom. The molecule has 0 aromatic rings. The molecule has 0 aliphatic carbocycles. The number of rotatable bonds is 0. The molecule has 2 nitrogen and oxygen atoms in total. The maximum absolute atomic E-state index is 2.78. The van der Waals surface area contributed by atoms with E-state index in [1.54, 1.807) is 0 Å². The van der Waals surface area contributed by atoms with E-state index in [2.05, 4.69) is 10.3 Å². The van der Waals surface area contributed by atoms with Gasteiger partial charge in [-0.05, 0) is 11.9 Å². The topological polar surface area (TPSA) is 24.1 Å². The zero-order valence-corrected chi connectivity index (χ0v) is 3.38. The summed E-state index contributed by atoms with van der Waals surface area (Å²) < 4.78 is 0. The van der Waals surface area contributed by atoms with Crippen molar-refractivity contribution in [1.82, 2.24) is 10.3 Å². The summed E-state index contributed by atoms with van der Waals surface area (Å²) in [4.78, 5) is 2.78. The van der Waals surface area contributed by atoms with E-state index in [4.69, 9.17) is 0 Å². The van der Waals surface area contributed by atoms with E-state index in [0.29, 0.717) is 0 Å². The molecule has 1 aliphatic heterocycles. The predicted molar refractivity (Wildman–Crippen MR) is 23.0 cm³/mol. The molecule has 0 amide bonds.